The maximum atomic E-state index is 12.5. The second kappa shape index (κ2) is 7.22. The molecule has 134 valence electrons. The third kappa shape index (κ3) is 3.64. The highest BCUT2D eigenvalue weighted by Crippen LogP contribution is 2.16. The van der Waals surface area contributed by atoms with Crippen molar-refractivity contribution < 1.29 is 19.6 Å². The molecular weight excluding hydrogens is 338 g/mol. The van der Waals surface area contributed by atoms with E-state index in [4.69, 9.17) is 0 Å². The van der Waals surface area contributed by atoms with E-state index in [9.17, 15) is 24.8 Å². The average Bonchev–Trinajstić information content (AvgIpc) is 2.67. The molecule has 8 heteroatoms. The number of aromatic hydroxyl groups is 1. The molecule has 2 aromatic rings. The summed E-state index contributed by atoms with van der Waals surface area (Å²) in [5, 5.41) is 20.0. The number of benzene rings is 2. The summed E-state index contributed by atoms with van der Waals surface area (Å²) in [5.41, 5.74) is 0.803. The van der Waals surface area contributed by atoms with E-state index in [0.29, 0.717) is 37.3 Å². The van der Waals surface area contributed by atoms with Crippen LogP contribution in [0.25, 0.3) is 0 Å². The van der Waals surface area contributed by atoms with Crippen molar-refractivity contribution >= 4 is 17.5 Å². The highest BCUT2D eigenvalue weighted by molar-refractivity contribution is 5.96. The van der Waals surface area contributed by atoms with Gasteiger partial charge in [0.05, 0.1) is 4.92 Å². The number of phenols is 1. The van der Waals surface area contributed by atoms with Crippen LogP contribution in [-0.2, 0) is 0 Å². The van der Waals surface area contributed by atoms with Crippen molar-refractivity contribution in [1.82, 2.24) is 9.80 Å². The molecule has 0 aliphatic carbocycles. The van der Waals surface area contributed by atoms with Crippen LogP contribution in [0.4, 0.5) is 5.69 Å². The van der Waals surface area contributed by atoms with E-state index in [2.05, 4.69) is 0 Å². The summed E-state index contributed by atoms with van der Waals surface area (Å²) in [5.74, 6) is -0.260. The Labute approximate surface area is 149 Å². The molecule has 1 heterocycles. The first-order valence-corrected chi connectivity index (χ1v) is 8.08. The van der Waals surface area contributed by atoms with Gasteiger partial charge in [-0.05, 0) is 36.4 Å². The molecule has 1 N–H and O–H groups in total. The fourth-order valence-corrected chi connectivity index (χ4v) is 2.81. The minimum Gasteiger partial charge on any atom is -0.508 e. The van der Waals surface area contributed by atoms with Gasteiger partial charge in [-0.1, -0.05) is 0 Å². The first-order chi connectivity index (χ1) is 12.5. The normalized spacial score (nSPS) is 14.2. The van der Waals surface area contributed by atoms with Crippen LogP contribution in [0.1, 0.15) is 20.7 Å². The zero-order valence-electron chi connectivity index (χ0n) is 13.9. The lowest BCUT2D eigenvalue weighted by molar-refractivity contribution is -0.384. The lowest BCUT2D eigenvalue weighted by atomic mass is 10.1. The van der Waals surface area contributed by atoms with E-state index in [0.717, 1.165) is 0 Å². The maximum Gasteiger partial charge on any atom is 0.269 e. The Bertz CT molecular complexity index is 825. The number of non-ortho nitro benzene ring substituents is 1. The average molecular weight is 355 g/mol. The molecule has 3 rings (SSSR count). The van der Waals surface area contributed by atoms with Crippen LogP contribution in [0, 0.1) is 10.1 Å². The summed E-state index contributed by atoms with van der Waals surface area (Å²) in [7, 11) is 0. The molecule has 0 unspecified atom stereocenters. The second-order valence-corrected chi connectivity index (χ2v) is 5.94. The largest absolute Gasteiger partial charge is 0.508 e. The number of nitrogens with zero attached hydrogens (tertiary/aromatic N) is 3. The summed E-state index contributed by atoms with van der Waals surface area (Å²) < 4.78 is 0. The van der Waals surface area contributed by atoms with Crippen LogP contribution in [0.2, 0.25) is 0 Å². The fourth-order valence-electron chi connectivity index (χ4n) is 2.81. The Kier molecular flexibility index (Phi) is 4.83. The highest BCUT2D eigenvalue weighted by Gasteiger charge is 2.25. The van der Waals surface area contributed by atoms with E-state index in [1.54, 1.807) is 21.9 Å². The van der Waals surface area contributed by atoms with Gasteiger partial charge in [0.25, 0.3) is 17.5 Å². The van der Waals surface area contributed by atoms with Crippen molar-refractivity contribution in [3.63, 3.8) is 0 Å². The Hall–Kier alpha value is -3.42. The minimum atomic E-state index is -0.512. The predicted molar refractivity (Wildman–Crippen MR) is 93.0 cm³/mol. The standard InChI is InChI=1S/C18H17N3O5/c22-16-7-3-14(4-8-16)18(24)20-11-9-19(10-12-20)17(23)13-1-5-15(6-2-13)21(25)26/h1-8,22H,9-12H2. The summed E-state index contributed by atoms with van der Waals surface area (Å²) >= 11 is 0. The quantitative estimate of drug-likeness (QED) is 0.669. The molecule has 2 aromatic carbocycles. The second-order valence-electron chi connectivity index (χ2n) is 5.94. The highest BCUT2D eigenvalue weighted by atomic mass is 16.6. The van der Waals surface area contributed by atoms with Crippen LogP contribution < -0.4 is 0 Å². The Balaban J connectivity index is 1.60. The van der Waals surface area contributed by atoms with E-state index in [-0.39, 0.29) is 23.3 Å². The summed E-state index contributed by atoms with van der Waals surface area (Å²) in [6, 6.07) is 11.5. The zero-order valence-corrected chi connectivity index (χ0v) is 13.9. The molecule has 1 fully saturated rings. The van der Waals surface area contributed by atoms with E-state index >= 15 is 0 Å². The van der Waals surface area contributed by atoms with Gasteiger partial charge in [0.2, 0.25) is 0 Å². The number of carbonyl (C=O) groups excluding carboxylic acids is 2. The Morgan fingerprint density at radius 1 is 0.808 bits per heavy atom. The molecule has 0 radical (unpaired) electrons. The minimum absolute atomic E-state index is 0.0640. The van der Waals surface area contributed by atoms with Crippen molar-refractivity contribution in [2.75, 3.05) is 26.2 Å². The molecule has 0 spiro atoms. The van der Waals surface area contributed by atoms with Gasteiger partial charge in [-0.2, -0.15) is 0 Å². The molecule has 0 atom stereocenters. The van der Waals surface area contributed by atoms with Crippen molar-refractivity contribution in [3.05, 3.63) is 69.8 Å². The molecule has 0 aromatic heterocycles. The van der Waals surface area contributed by atoms with Gasteiger partial charge in [-0.15, -0.1) is 0 Å². The van der Waals surface area contributed by atoms with Crippen LogP contribution in [0.5, 0.6) is 5.75 Å². The molecule has 0 saturated carbocycles. The number of hydrogen-bond donors (Lipinski definition) is 1. The lowest BCUT2D eigenvalue weighted by Gasteiger charge is -2.34. The smallest absolute Gasteiger partial charge is 0.269 e. The first-order valence-electron chi connectivity index (χ1n) is 8.08. The molecule has 0 bridgehead atoms. The van der Waals surface area contributed by atoms with E-state index < -0.39 is 4.92 Å². The van der Waals surface area contributed by atoms with Crippen LogP contribution >= 0.6 is 0 Å². The molecule has 1 aliphatic heterocycles. The van der Waals surface area contributed by atoms with Crippen molar-refractivity contribution in [3.8, 4) is 5.75 Å². The van der Waals surface area contributed by atoms with E-state index in [1.165, 1.54) is 36.4 Å². The van der Waals surface area contributed by atoms with Gasteiger partial charge in [-0.25, -0.2) is 0 Å². The van der Waals surface area contributed by atoms with Crippen molar-refractivity contribution in [2.45, 2.75) is 0 Å². The number of nitro benzene ring substituents is 1. The maximum absolute atomic E-state index is 12.5. The van der Waals surface area contributed by atoms with Crippen molar-refractivity contribution in [2.24, 2.45) is 0 Å². The number of phenolic OH excluding ortho intramolecular Hbond substituents is 1. The number of amides is 2. The molecular formula is C18H17N3O5. The molecule has 2 amide bonds. The van der Waals surface area contributed by atoms with Crippen LogP contribution in [0.15, 0.2) is 48.5 Å². The Morgan fingerprint density at radius 3 is 1.58 bits per heavy atom. The van der Waals surface area contributed by atoms with Gasteiger partial charge < -0.3 is 14.9 Å². The topological polar surface area (TPSA) is 104 Å². The zero-order chi connectivity index (χ0) is 18.7. The summed E-state index contributed by atoms with van der Waals surface area (Å²) in [4.78, 5) is 38.4. The third-order valence-electron chi connectivity index (χ3n) is 4.29. The molecule has 1 saturated heterocycles. The van der Waals surface area contributed by atoms with Gasteiger partial charge in [0.1, 0.15) is 5.75 Å². The summed E-state index contributed by atoms with van der Waals surface area (Å²) in [6.45, 7) is 1.58. The van der Waals surface area contributed by atoms with Gasteiger partial charge >= 0.3 is 0 Å². The molecule has 8 nitrogen and oxygen atoms in total. The number of carbonyl (C=O) groups is 2. The van der Waals surface area contributed by atoms with Crippen LogP contribution in [-0.4, -0.2) is 57.8 Å². The number of nitro groups is 1. The lowest BCUT2D eigenvalue weighted by Crippen LogP contribution is -2.50. The van der Waals surface area contributed by atoms with Gasteiger partial charge in [0.15, 0.2) is 0 Å². The number of hydrogen-bond acceptors (Lipinski definition) is 5. The molecule has 1 aliphatic rings. The summed E-state index contributed by atoms with van der Waals surface area (Å²) in [6.07, 6.45) is 0. The van der Waals surface area contributed by atoms with Crippen molar-refractivity contribution in [1.29, 1.82) is 0 Å². The number of piperazine rings is 1. The monoisotopic (exact) mass is 355 g/mol. The predicted octanol–water partition coefficient (Wildman–Crippen LogP) is 1.90. The number of rotatable bonds is 3. The van der Waals surface area contributed by atoms with Crippen LogP contribution in [0.3, 0.4) is 0 Å². The van der Waals surface area contributed by atoms with Gasteiger partial charge in [0, 0.05) is 49.4 Å². The molecule has 26 heavy (non-hydrogen) atoms. The van der Waals surface area contributed by atoms with E-state index in [1.807, 2.05) is 0 Å². The fraction of sp³-hybridized carbons (Fsp3) is 0.222. The Morgan fingerprint density at radius 2 is 1.19 bits per heavy atom. The SMILES string of the molecule is O=C(c1ccc(O)cc1)N1CCN(C(=O)c2ccc([N+](=O)[O-])cc2)CC1. The van der Waals surface area contributed by atoms with Gasteiger partial charge in [-0.3, -0.25) is 19.7 Å². The first kappa shape index (κ1) is 17.4. The third-order valence-corrected chi connectivity index (χ3v) is 4.29.